The molecule has 8 heteroatoms. The first-order valence-corrected chi connectivity index (χ1v) is 11.3. The molecule has 0 atom stereocenters. The molecule has 5 nitrogen and oxygen atoms in total. The molecule has 0 amide bonds. The van der Waals surface area contributed by atoms with Gasteiger partial charge in [0.15, 0.2) is 11.5 Å². The van der Waals surface area contributed by atoms with E-state index in [2.05, 4.69) is 15.5 Å². The van der Waals surface area contributed by atoms with Crippen molar-refractivity contribution < 1.29 is 9.47 Å². The van der Waals surface area contributed by atoms with Gasteiger partial charge in [0.1, 0.15) is 6.61 Å². The van der Waals surface area contributed by atoms with Crippen molar-refractivity contribution in [2.45, 2.75) is 6.61 Å². The molecule has 0 saturated carbocycles. The van der Waals surface area contributed by atoms with E-state index >= 15 is 0 Å². The molecule has 0 saturated heterocycles. The molecule has 0 aliphatic carbocycles. The molecular weight excluding hydrogens is 465 g/mol. The van der Waals surface area contributed by atoms with Crippen molar-refractivity contribution in [3.63, 3.8) is 0 Å². The Balaban J connectivity index is 1.44. The molecule has 1 N–H and O–H groups in total. The first-order valence-electron chi connectivity index (χ1n) is 9.68. The lowest BCUT2D eigenvalue weighted by molar-refractivity contribution is 0.285. The number of rotatable bonds is 8. The summed E-state index contributed by atoms with van der Waals surface area (Å²) in [6.45, 7) is 0.276. The fourth-order valence-electron chi connectivity index (χ4n) is 2.95. The summed E-state index contributed by atoms with van der Waals surface area (Å²) in [7, 11) is 1.56. The van der Waals surface area contributed by atoms with Gasteiger partial charge in [-0.15, -0.1) is 11.3 Å². The zero-order valence-electron chi connectivity index (χ0n) is 17.1. The van der Waals surface area contributed by atoms with E-state index < -0.39 is 0 Å². The van der Waals surface area contributed by atoms with Crippen LogP contribution in [0.25, 0.3) is 11.3 Å². The monoisotopic (exact) mass is 483 g/mol. The Labute approximate surface area is 200 Å². The topological polar surface area (TPSA) is 55.7 Å². The van der Waals surface area contributed by atoms with E-state index in [0.29, 0.717) is 26.7 Å². The number of benzene rings is 3. The van der Waals surface area contributed by atoms with E-state index in [1.165, 1.54) is 11.3 Å². The molecular formula is C24H19Cl2N3O2S. The summed E-state index contributed by atoms with van der Waals surface area (Å²) in [4.78, 5) is 4.55. The van der Waals surface area contributed by atoms with E-state index in [0.717, 1.165) is 22.4 Å². The van der Waals surface area contributed by atoms with Crippen LogP contribution in [0.1, 0.15) is 11.1 Å². The molecule has 0 unspecified atom stereocenters. The maximum Gasteiger partial charge on any atom is 0.203 e. The summed E-state index contributed by atoms with van der Waals surface area (Å²) in [5.41, 5.74) is 6.53. The number of anilines is 1. The molecule has 0 aliphatic heterocycles. The van der Waals surface area contributed by atoms with E-state index in [1.54, 1.807) is 25.5 Å². The number of aromatic nitrogens is 1. The Hall–Kier alpha value is -3.06. The largest absolute Gasteiger partial charge is 0.493 e. The molecule has 0 fully saturated rings. The molecule has 1 heterocycles. The van der Waals surface area contributed by atoms with Crippen LogP contribution in [0.2, 0.25) is 10.0 Å². The zero-order chi connectivity index (χ0) is 22.3. The second-order valence-electron chi connectivity index (χ2n) is 6.69. The van der Waals surface area contributed by atoms with Crippen molar-refractivity contribution >= 4 is 45.9 Å². The molecule has 4 aromatic rings. The molecule has 0 bridgehead atoms. The number of nitrogens with one attached hydrogen (secondary N) is 1. The van der Waals surface area contributed by atoms with Gasteiger partial charge in [-0.2, -0.15) is 5.10 Å². The van der Waals surface area contributed by atoms with Gasteiger partial charge in [-0.05, 0) is 23.8 Å². The van der Waals surface area contributed by atoms with E-state index in [4.69, 9.17) is 32.7 Å². The number of hydrazone groups is 1. The Morgan fingerprint density at radius 2 is 1.81 bits per heavy atom. The van der Waals surface area contributed by atoms with Gasteiger partial charge in [-0.25, -0.2) is 4.98 Å². The van der Waals surface area contributed by atoms with Crippen molar-refractivity contribution in [1.29, 1.82) is 0 Å². The molecule has 3 aromatic carbocycles. The third-order valence-corrected chi connectivity index (χ3v) is 5.93. The van der Waals surface area contributed by atoms with Crippen LogP contribution < -0.4 is 14.9 Å². The Kier molecular flexibility index (Phi) is 7.27. The normalized spacial score (nSPS) is 11.0. The lowest BCUT2D eigenvalue weighted by atomic mass is 10.2. The summed E-state index contributed by atoms with van der Waals surface area (Å²) in [6, 6.07) is 21.0. The minimum absolute atomic E-state index is 0.276. The second kappa shape index (κ2) is 10.5. The molecule has 0 aliphatic rings. The highest BCUT2D eigenvalue weighted by atomic mass is 35.5. The van der Waals surface area contributed by atoms with Gasteiger partial charge in [0, 0.05) is 21.5 Å². The molecule has 1 aromatic heterocycles. The average molecular weight is 484 g/mol. The smallest absolute Gasteiger partial charge is 0.203 e. The summed E-state index contributed by atoms with van der Waals surface area (Å²) < 4.78 is 11.4. The Bertz CT molecular complexity index is 1230. The molecule has 4 rings (SSSR count). The third kappa shape index (κ3) is 5.40. The van der Waals surface area contributed by atoms with Gasteiger partial charge >= 0.3 is 0 Å². The maximum absolute atomic E-state index is 6.46. The SMILES string of the molecule is COc1cc(C=NNc2nc(-c3ccccc3)cs2)cc(Cl)c1OCc1ccccc1Cl. The molecule has 32 heavy (non-hydrogen) atoms. The van der Waals surface area contributed by atoms with Gasteiger partial charge in [-0.3, -0.25) is 5.43 Å². The standard InChI is InChI=1S/C24H19Cl2N3O2S/c1-30-22-12-16(11-20(26)23(22)31-14-18-9-5-6-10-19(18)25)13-27-29-24-28-21(15-32-24)17-7-3-2-4-8-17/h2-13,15H,14H2,1H3,(H,28,29). The third-order valence-electron chi connectivity index (χ3n) is 4.53. The van der Waals surface area contributed by atoms with Crippen LogP contribution in [0.15, 0.2) is 77.2 Å². The van der Waals surface area contributed by atoms with Crippen molar-refractivity contribution in [2.24, 2.45) is 5.10 Å². The fourth-order valence-corrected chi connectivity index (χ4v) is 4.08. The lowest BCUT2D eigenvalue weighted by Gasteiger charge is -2.14. The van der Waals surface area contributed by atoms with Crippen LogP contribution in [0, 0.1) is 0 Å². The molecule has 162 valence electrons. The number of ether oxygens (including phenoxy) is 2. The van der Waals surface area contributed by atoms with Crippen molar-refractivity contribution in [2.75, 3.05) is 12.5 Å². The number of halogens is 2. The van der Waals surface area contributed by atoms with Crippen LogP contribution in [0.5, 0.6) is 11.5 Å². The fraction of sp³-hybridized carbons (Fsp3) is 0.0833. The maximum atomic E-state index is 6.46. The van der Waals surface area contributed by atoms with Gasteiger partial charge in [0.05, 0.1) is 24.0 Å². The van der Waals surface area contributed by atoms with Gasteiger partial charge < -0.3 is 9.47 Å². The number of hydrogen-bond acceptors (Lipinski definition) is 6. The Morgan fingerprint density at radius 3 is 2.59 bits per heavy atom. The number of hydrogen-bond donors (Lipinski definition) is 1. The average Bonchev–Trinajstić information content (AvgIpc) is 3.28. The highest BCUT2D eigenvalue weighted by Crippen LogP contribution is 2.37. The predicted molar refractivity (Wildman–Crippen MR) is 133 cm³/mol. The van der Waals surface area contributed by atoms with Crippen LogP contribution >= 0.6 is 34.5 Å². The van der Waals surface area contributed by atoms with Gasteiger partial charge in [0.25, 0.3) is 0 Å². The van der Waals surface area contributed by atoms with Crippen LogP contribution in [-0.2, 0) is 6.61 Å². The highest BCUT2D eigenvalue weighted by Gasteiger charge is 2.13. The van der Waals surface area contributed by atoms with Gasteiger partial charge in [-0.1, -0.05) is 71.7 Å². The summed E-state index contributed by atoms with van der Waals surface area (Å²) >= 11 is 14.1. The first-order chi connectivity index (χ1) is 15.6. The number of nitrogens with zero attached hydrogens (tertiary/aromatic N) is 2. The quantitative estimate of drug-likeness (QED) is 0.213. The van der Waals surface area contributed by atoms with Crippen LogP contribution in [0.4, 0.5) is 5.13 Å². The second-order valence-corrected chi connectivity index (χ2v) is 8.36. The van der Waals surface area contributed by atoms with Gasteiger partial charge in [0.2, 0.25) is 5.13 Å². The highest BCUT2D eigenvalue weighted by molar-refractivity contribution is 7.14. The lowest BCUT2D eigenvalue weighted by Crippen LogP contribution is -2.00. The predicted octanol–water partition coefficient (Wildman–Crippen LogP) is 7.15. The number of methoxy groups -OCH3 is 1. The Morgan fingerprint density at radius 1 is 1.03 bits per heavy atom. The van der Waals surface area contributed by atoms with E-state index in [-0.39, 0.29) is 6.61 Å². The van der Waals surface area contributed by atoms with Crippen LogP contribution in [-0.4, -0.2) is 18.3 Å². The minimum Gasteiger partial charge on any atom is -0.493 e. The summed E-state index contributed by atoms with van der Waals surface area (Å²) in [5, 5.41) is 8.00. The molecule has 0 spiro atoms. The first kappa shape index (κ1) is 22.1. The minimum atomic E-state index is 0.276. The van der Waals surface area contributed by atoms with Crippen LogP contribution in [0.3, 0.4) is 0 Å². The summed E-state index contributed by atoms with van der Waals surface area (Å²) in [6.07, 6.45) is 1.65. The zero-order valence-corrected chi connectivity index (χ0v) is 19.4. The molecule has 0 radical (unpaired) electrons. The van der Waals surface area contributed by atoms with E-state index in [9.17, 15) is 0 Å². The van der Waals surface area contributed by atoms with Crippen molar-refractivity contribution in [3.05, 3.63) is 93.3 Å². The summed E-state index contributed by atoms with van der Waals surface area (Å²) in [5.74, 6) is 0.957. The van der Waals surface area contributed by atoms with E-state index in [1.807, 2.05) is 60.0 Å². The van der Waals surface area contributed by atoms with Crippen molar-refractivity contribution in [3.8, 4) is 22.8 Å². The number of thiazole rings is 1. The van der Waals surface area contributed by atoms with Crippen molar-refractivity contribution in [1.82, 2.24) is 4.98 Å².